The second kappa shape index (κ2) is 5.31. The molecule has 3 heteroatoms. The second-order valence-corrected chi connectivity index (χ2v) is 4.96. The lowest BCUT2D eigenvalue weighted by molar-refractivity contribution is -0.136. The summed E-state index contributed by atoms with van der Waals surface area (Å²) in [6, 6.07) is 10.4. The van der Waals surface area contributed by atoms with Crippen LogP contribution in [-0.2, 0) is 11.2 Å². The minimum Gasteiger partial charge on any atom is -0.481 e. The highest BCUT2D eigenvalue weighted by Crippen LogP contribution is 2.22. The van der Waals surface area contributed by atoms with Crippen molar-refractivity contribution in [1.29, 1.82) is 0 Å². The number of carboxylic acid groups (broad SMARTS) is 1. The Morgan fingerprint density at radius 1 is 1.21 bits per heavy atom. The first kappa shape index (κ1) is 13.4. The summed E-state index contributed by atoms with van der Waals surface area (Å²) in [4.78, 5) is 10.7. The van der Waals surface area contributed by atoms with Crippen molar-refractivity contribution in [3.63, 3.8) is 0 Å². The van der Waals surface area contributed by atoms with Crippen LogP contribution in [0.1, 0.15) is 28.9 Å². The first-order valence-corrected chi connectivity index (χ1v) is 6.45. The van der Waals surface area contributed by atoms with E-state index in [2.05, 4.69) is 42.7 Å². The van der Waals surface area contributed by atoms with Crippen molar-refractivity contribution in [1.82, 2.24) is 4.57 Å². The Kier molecular flexibility index (Phi) is 3.74. The molecule has 0 unspecified atom stereocenters. The summed E-state index contributed by atoms with van der Waals surface area (Å²) in [7, 11) is 0. The number of hydrogen-bond donors (Lipinski definition) is 1. The lowest BCUT2D eigenvalue weighted by Crippen LogP contribution is -2.01. The fourth-order valence-corrected chi connectivity index (χ4v) is 2.49. The summed E-state index contributed by atoms with van der Waals surface area (Å²) in [5, 5.41) is 8.79. The third-order valence-electron chi connectivity index (χ3n) is 3.40. The minimum absolute atomic E-state index is 0.179. The molecule has 2 aromatic rings. The van der Waals surface area contributed by atoms with Crippen LogP contribution in [0.4, 0.5) is 0 Å². The van der Waals surface area contributed by atoms with E-state index >= 15 is 0 Å². The third kappa shape index (κ3) is 2.87. The Balaban J connectivity index is 2.39. The maximum atomic E-state index is 10.7. The van der Waals surface area contributed by atoms with E-state index in [9.17, 15) is 4.79 Å². The molecule has 1 aromatic heterocycles. The van der Waals surface area contributed by atoms with Gasteiger partial charge in [0.05, 0.1) is 0 Å². The van der Waals surface area contributed by atoms with Gasteiger partial charge in [-0.05, 0) is 56.5 Å². The van der Waals surface area contributed by atoms with E-state index in [1.165, 1.54) is 5.56 Å². The highest BCUT2D eigenvalue weighted by molar-refractivity contribution is 5.67. The maximum Gasteiger partial charge on any atom is 0.303 e. The average Bonchev–Trinajstić information content (AvgIpc) is 2.62. The molecule has 2 rings (SSSR count). The standard InChI is InChI=1S/C16H19NO2/c1-11-5-4-6-15(9-11)17-12(2)10-14(13(17)3)7-8-16(18)19/h4-6,9-10H,7-8H2,1-3H3,(H,18,19). The molecule has 0 atom stereocenters. The molecule has 0 aliphatic heterocycles. The van der Waals surface area contributed by atoms with E-state index in [1.54, 1.807) is 0 Å². The number of benzene rings is 1. The fourth-order valence-electron chi connectivity index (χ4n) is 2.49. The van der Waals surface area contributed by atoms with Crippen molar-refractivity contribution >= 4 is 5.97 Å². The molecule has 1 heterocycles. The van der Waals surface area contributed by atoms with Gasteiger partial charge in [0.1, 0.15) is 0 Å². The van der Waals surface area contributed by atoms with Crippen molar-refractivity contribution in [3.05, 3.63) is 52.8 Å². The molecule has 3 nitrogen and oxygen atoms in total. The van der Waals surface area contributed by atoms with Gasteiger partial charge in [-0.2, -0.15) is 0 Å². The zero-order chi connectivity index (χ0) is 14.0. The summed E-state index contributed by atoms with van der Waals surface area (Å²) >= 11 is 0. The summed E-state index contributed by atoms with van der Waals surface area (Å²) in [5.41, 5.74) is 5.74. The van der Waals surface area contributed by atoms with Crippen LogP contribution in [-0.4, -0.2) is 15.6 Å². The Hall–Kier alpha value is -2.03. The molecule has 0 radical (unpaired) electrons. The summed E-state index contributed by atoms with van der Waals surface area (Å²) in [5.74, 6) is -0.750. The topological polar surface area (TPSA) is 42.2 Å². The van der Waals surface area contributed by atoms with Gasteiger partial charge in [-0.15, -0.1) is 0 Å². The number of rotatable bonds is 4. The normalized spacial score (nSPS) is 10.7. The third-order valence-corrected chi connectivity index (χ3v) is 3.40. The molecule has 0 amide bonds. The van der Waals surface area contributed by atoms with Crippen LogP contribution in [0, 0.1) is 20.8 Å². The molecule has 0 bridgehead atoms. The van der Waals surface area contributed by atoms with E-state index in [1.807, 2.05) is 13.0 Å². The van der Waals surface area contributed by atoms with Crippen LogP contribution in [0.15, 0.2) is 30.3 Å². The number of aromatic nitrogens is 1. The molecule has 0 saturated heterocycles. The first-order chi connectivity index (χ1) is 8.99. The van der Waals surface area contributed by atoms with E-state index < -0.39 is 5.97 Å². The van der Waals surface area contributed by atoms with Crippen molar-refractivity contribution in [2.75, 3.05) is 0 Å². The number of carboxylic acids is 1. The molecule has 0 aliphatic rings. The van der Waals surface area contributed by atoms with Crippen LogP contribution in [0.5, 0.6) is 0 Å². The summed E-state index contributed by atoms with van der Waals surface area (Å²) in [6.07, 6.45) is 0.763. The predicted molar refractivity (Wildman–Crippen MR) is 75.9 cm³/mol. The van der Waals surface area contributed by atoms with Crippen molar-refractivity contribution in [3.8, 4) is 5.69 Å². The van der Waals surface area contributed by atoms with Crippen LogP contribution < -0.4 is 0 Å². The van der Waals surface area contributed by atoms with Gasteiger partial charge < -0.3 is 9.67 Å². The van der Waals surface area contributed by atoms with Crippen molar-refractivity contribution in [2.45, 2.75) is 33.6 Å². The zero-order valence-corrected chi connectivity index (χ0v) is 11.6. The van der Waals surface area contributed by atoms with E-state index in [0.717, 1.165) is 22.6 Å². The highest BCUT2D eigenvalue weighted by atomic mass is 16.4. The number of hydrogen-bond acceptors (Lipinski definition) is 1. The monoisotopic (exact) mass is 257 g/mol. The van der Waals surface area contributed by atoms with Crippen molar-refractivity contribution in [2.24, 2.45) is 0 Å². The number of carbonyl (C=O) groups is 1. The highest BCUT2D eigenvalue weighted by Gasteiger charge is 2.11. The quantitative estimate of drug-likeness (QED) is 0.912. The van der Waals surface area contributed by atoms with E-state index in [4.69, 9.17) is 5.11 Å². The SMILES string of the molecule is Cc1cccc(-n2c(C)cc(CCC(=O)O)c2C)c1. The molecular weight excluding hydrogens is 238 g/mol. The maximum absolute atomic E-state index is 10.7. The Bertz CT molecular complexity index is 611. The summed E-state index contributed by atoms with van der Waals surface area (Å²) in [6.45, 7) is 6.18. The number of aliphatic carboxylic acids is 1. The smallest absolute Gasteiger partial charge is 0.303 e. The van der Waals surface area contributed by atoms with Gasteiger partial charge in [0, 0.05) is 23.5 Å². The fraction of sp³-hybridized carbons (Fsp3) is 0.312. The molecular formula is C16H19NO2. The molecule has 1 N–H and O–H groups in total. The molecule has 1 aromatic carbocycles. The van der Waals surface area contributed by atoms with E-state index in [0.29, 0.717) is 6.42 Å². The van der Waals surface area contributed by atoms with Crippen LogP contribution >= 0.6 is 0 Å². The molecule has 19 heavy (non-hydrogen) atoms. The van der Waals surface area contributed by atoms with Gasteiger partial charge in [0.15, 0.2) is 0 Å². The molecule has 0 fully saturated rings. The van der Waals surface area contributed by atoms with Gasteiger partial charge in [0.2, 0.25) is 0 Å². The van der Waals surface area contributed by atoms with E-state index in [-0.39, 0.29) is 6.42 Å². The van der Waals surface area contributed by atoms with Crippen molar-refractivity contribution < 1.29 is 9.90 Å². The molecule has 0 saturated carbocycles. The van der Waals surface area contributed by atoms with Gasteiger partial charge >= 0.3 is 5.97 Å². The van der Waals surface area contributed by atoms with Crippen LogP contribution in [0.2, 0.25) is 0 Å². The van der Waals surface area contributed by atoms with Gasteiger partial charge in [-0.1, -0.05) is 12.1 Å². The second-order valence-electron chi connectivity index (χ2n) is 4.96. The van der Waals surface area contributed by atoms with Gasteiger partial charge in [-0.25, -0.2) is 0 Å². The lowest BCUT2D eigenvalue weighted by Gasteiger charge is -2.10. The largest absolute Gasteiger partial charge is 0.481 e. The summed E-state index contributed by atoms with van der Waals surface area (Å²) < 4.78 is 2.18. The average molecular weight is 257 g/mol. The Labute approximate surface area is 113 Å². The number of aryl methyl sites for hydroxylation is 3. The molecule has 0 aliphatic carbocycles. The Morgan fingerprint density at radius 2 is 1.95 bits per heavy atom. The molecule has 0 spiro atoms. The Morgan fingerprint density at radius 3 is 2.58 bits per heavy atom. The zero-order valence-electron chi connectivity index (χ0n) is 11.6. The number of nitrogens with zero attached hydrogens (tertiary/aromatic N) is 1. The van der Waals surface area contributed by atoms with Crippen LogP contribution in [0.25, 0.3) is 5.69 Å². The van der Waals surface area contributed by atoms with Crippen LogP contribution in [0.3, 0.4) is 0 Å². The minimum atomic E-state index is -0.750. The van der Waals surface area contributed by atoms with Gasteiger partial charge in [0.25, 0.3) is 0 Å². The molecule has 100 valence electrons. The van der Waals surface area contributed by atoms with Gasteiger partial charge in [-0.3, -0.25) is 4.79 Å². The first-order valence-electron chi connectivity index (χ1n) is 6.45. The lowest BCUT2D eigenvalue weighted by atomic mass is 10.1. The predicted octanol–water partition coefficient (Wildman–Crippen LogP) is 3.42.